The Balaban J connectivity index is 1.76. The molecular formula is C21H23N3O2. The molecule has 0 atom stereocenters. The monoisotopic (exact) mass is 349 g/mol. The molecule has 3 rings (SSSR count). The van der Waals surface area contributed by atoms with Crippen LogP contribution in [-0.2, 0) is 25.9 Å². The number of primary amides is 1. The summed E-state index contributed by atoms with van der Waals surface area (Å²) in [5.74, 6) is -0.459. The van der Waals surface area contributed by atoms with Crippen molar-refractivity contribution in [3.63, 3.8) is 0 Å². The van der Waals surface area contributed by atoms with Crippen molar-refractivity contribution in [2.24, 2.45) is 5.73 Å². The molecule has 0 aliphatic rings. The van der Waals surface area contributed by atoms with Crippen LogP contribution in [-0.4, -0.2) is 21.2 Å². The molecule has 0 saturated carbocycles. The lowest BCUT2D eigenvalue weighted by Crippen LogP contribution is -2.15. The first kappa shape index (κ1) is 17.9. The van der Waals surface area contributed by atoms with Gasteiger partial charge >= 0.3 is 0 Å². The quantitative estimate of drug-likeness (QED) is 0.612. The maximum absolute atomic E-state index is 12.0. The molecule has 1 amide bonds. The van der Waals surface area contributed by atoms with Crippen LogP contribution in [0.2, 0.25) is 0 Å². The molecule has 0 radical (unpaired) electrons. The molecule has 5 nitrogen and oxygen atoms in total. The number of amides is 1. The summed E-state index contributed by atoms with van der Waals surface area (Å²) in [5.41, 5.74) is 11.9. The Kier molecular flexibility index (Phi) is 5.49. The minimum Gasteiger partial charge on any atom is -0.392 e. The molecular weight excluding hydrogens is 326 g/mol. The van der Waals surface area contributed by atoms with E-state index in [0.717, 1.165) is 23.2 Å². The molecule has 0 saturated heterocycles. The Morgan fingerprint density at radius 3 is 2.23 bits per heavy atom. The smallest absolute Gasteiger partial charge is 0.252 e. The number of aliphatic hydroxyl groups is 1. The van der Waals surface area contributed by atoms with E-state index in [1.54, 1.807) is 0 Å². The van der Waals surface area contributed by atoms with Crippen molar-refractivity contribution in [1.29, 1.82) is 0 Å². The van der Waals surface area contributed by atoms with E-state index in [1.807, 2.05) is 24.3 Å². The normalized spacial score (nSPS) is 10.8. The number of carbonyl (C=O) groups excluding carboxylic acids is 1. The van der Waals surface area contributed by atoms with Gasteiger partial charge in [0.15, 0.2) is 0 Å². The zero-order valence-electron chi connectivity index (χ0n) is 14.8. The molecule has 134 valence electrons. The van der Waals surface area contributed by atoms with Crippen LogP contribution in [0.5, 0.6) is 0 Å². The molecule has 1 heterocycles. The number of H-pyrrole nitrogens is 1. The number of carbonyl (C=O) groups is 1. The fourth-order valence-corrected chi connectivity index (χ4v) is 3.00. The number of aromatic nitrogens is 2. The van der Waals surface area contributed by atoms with E-state index in [2.05, 4.69) is 41.4 Å². The van der Waals surface area contributed by atoms with Crippen molar-refractivity contribution < 1.29 is 9.90 Å². The predicted octanol–water partition coefficient (Wildman–Crippen LogP) is 2.69. The predicted molar refractivity (Wildman–Crippen MR) is 101 cm³/mol. The first-order valence-corrected chi connectivity index (χ1v) is 8.67. The van der Waals surface area contributed by atoms with Gasteiger partial charge in [-0.3, -0.25) is 9.89 Å². The third-order valence-corrected chi connectivity index (χ3v) is 4.52. The van der Waals surface area contributed by atoms with Crippen LogP contribution in [0.1, 0.15) is 44.0 Å². The molecule has 0 bridgehead atoms. The Hall–Kier alpha value is -2.92. The van der Waals surface area contributed by atoms with Crippen LogP contribution in [0, 0.1) is 6.92 Å². The van der Waals surface area contributed by atoms with E-state index < -0.39 is 5.91 Å². The highest BCUT2D eigenvalue weighted by Crippen LogP contribution is 2.18. The summed E-state index contributed by atoms with van der Waals surface area (Å²) in [4.78, 5) is 12.0. The van der Waals surface area contributed by atoms with Crippen LogP contribution < -0.4 is 5.73 Å². The number of nitrogens with one attached hydrogen (secondary N) is 1. The van der Waals surface area contributed by atoms with Gasteiger partial charge in [-0.05, 0) is 36.5 Å². The van der Waals surface area contributed by atoms with E-state index in [9.17, 15) is 4.79 Å². The zero-order valence-corrected chi connectivity index (χ0v) is 14.8. The molecule has 0 aliphatic carbocycles. The summed E-state index contributed by atoms with van der Waals surface area (Å²) in [5, 5.41) is 16.4. The maximum atomic E-state index is 12.0. The average Bonchev–Trinajstić information content (AvgIpc) is 3.04. The fraction of sp³-hybridized carbons (Fsp3) is 0.238. The summed E-state index contributed by atoms with van der Waals surface area (Å²) < 4.78 is 0. The topological polar surface area (TPSA) is 92.0 Å². The Morgan fingerprint density at radius 2 is 1.62 bits per heavy atom. The van der Waals surface area contributed by atoms with E-state index in [0.29, 0.717) is 24.1 Å². The van der Waals surface area contributed by atoms with E-state index in [-0.39, 0.29) is 6.61 Å². The lowest BCUT2D eigenvalue weighted by atomic mass is 10.0. The summed E-state index contributed by atoms with van der Waals surface area (Å²) in [6, 6.07) is 16.0. The van der Waals surface area contributed by atoms with Gasteiger partial charge in [0.05, 0.1) is 23.6 Å². The molecule has 0 unspecified atom stereocenters. The molecule has 0 fully saturated rings. The summed E-state index contributed by atoms with van der Waals surface area (Å²) in [6.07, 6.45) is 2.00. The van der Waals surface area contributed by atoms with Crippen molar-refractivity contribution in [2.45, 2.75) is 32.8 Å². The minimum atomic E-state index is -0.459. The van der Waals surface area contributed by atoms with E-state index in [1.165, 1.54) is 11.1 Å². The number of hydrogen-bond acceptors (Lipinski definition) is 3. The van der Waals surface area contributed by atoms with Gasteiger partial charge < -0.3 is 10.8 Å². The van der Waals surface area contributed by atoms with Crippen molar-refractivity contribution in [3.05, 3.63) is 87.7 Å². The first-order chi connectivity index (χ1) is 12.6. The van der Waals surface area contributed by atoms with Gasteiger partial charge in [-0.15, -0.1) is 0 Å². The molecule has 26 heavy (non-hydrogen) atoms. The lowest BCUT2D eigenvalue weighted by molar-refractivity contribution is 0.0998. The number of aryl methyl sites for hydroxylation is 3. The molecule has 5 heteroatoms. The number of benzene rings is 2. The molecule has 0 aliphatic heterocycles. The van der Waals surface area contributed by atoms with Crippen molar-refractivity contribution in [1.82, 2.24) is 10.2 Å². The third kappa shape index (κ3) is 4.18. The lowest BCUT2D eigenvalue weighted by Gasteiger charge is -2.05. The number of nitrogens with two attached hydrogens (primary N) is 1. The largest absolute Gasteiger partial charge is 0.392 e. The van der Waals surface area contributed by atoms with E-state index >= 15 is 0 Å². The SMILES string of the molecule is Cc1ccc(CCc2n[nH]c(Cc3ccc(CO)cc3)c2C(N)=O)cc1. The Morgan fingerprint density at radius 1 is 1.00 bits per heavy atom. The van der Waals surface area contributed by atoms with Crippen molar-refractivity contribution in [2.75, 3.05) is 0 Å². The molecule has 3 aromatic rings. The Labute approximate surface area is 152 Å². The van der Waals surface area contributed by atoms with E-state index in [4.69, 9.17) is 10.8 Å². The van der Waals surface area contributed by atoms with Crippen LogP contribution >= 0.6 is 0 Å². The van der Waals surface area contributed by atoms with Gasteiger partial charge in [0, 0.05) is 6.42 Å². The fourth-order valence-electron chi connectivity index (χ4n) is 3.00. The summed E-state index contributed by atoms with van der Waals surface area (Å²) >= 11 is 0. The van der Waals surface area contributed by atoms with Gasteiger partial charge in [0.1, 0.15) is 0 Å². The number of aliphatic hydroxyl groups excluding tert-OH is 1. The van der Waals surface area contributed by atoms with Crippen molar-refractivity contribution >= 4 is 5.91 Å². The van der Waals surface area contributed by atoms with Crippen LogP contribution in [0.4, 0.5) is 0 Å². The first-order valence-electron chi connectivity index (χ1n) is 8.67. The van der Waals surface area contributed by atoms with Crippen LogP contribution in [0.25, 0.3) is 0 Å². The average molecular weight is 349 g/mol. The summed E-state index contributed by atoms with van der Waals surface area (Å²) in [6.45, 7) is 2.07. The van der Waals surface area contributed by atoms with Gasteiger partial charge in [0.2, 0.25) is 0 Å². The molecule has 2 aromatic carbocycles. The number of rotatable bonds is 7. The van der Waals surface area contributed by atoms with Crippen molar-refractivity contribution in [3.8, 4) is 0 Å². The highest BCUT2D eigenvalue weighted by atomic mass is 16.3. The second-order valence-corrected chi connectivity index (χ2v) is 6.53. The second-order valence-electron chi connectivity index (χ2n) is 6.53. The van der Waals surface area contributed by atoms with Gasteiger partial charge in [-0.1, -0.05) is 54.1 Å². The van der Waals surface area contributed by atoms with Gasteiger partial charge in [-0.2, -0.15) is 5.10 Å². The number of nitrogens with zero attached hydrogens (tertiary/aromatic N) is 1. The molecule has 4 N–H and O–H groups in total. The minimum absolute atomic E-state index is 0.0139. The van der Waals surface area contributed by atoms with Gasteiger partial charge in [-0.25, -0.2) is 0 Å². The third-order valence-electron chi connectivity index (χ3n) is 4.52. The van der Waals surface area contributed by atoms with Crippen LogP contribution in [0.3, 0.4) is 0 Å². The standard InChI is InChI=1S/C21H23N3O2/c1-14-2-4-15(5-3-14)10-11-18-20(21(22)26)19(24-23-18)12-16-6-8-17(13-25)9-7-16/h2-9,25H,10-13H2,1H3,(H2,22,26)(H,23,24). The Bertz CT molecular complexity index is 881. The molecule has 0 spiro atoms. The molecule has 1 aromatic heterocycles. The highest BCUT2D eigenvalue weighted by Gasteiger charge is 2.18. The number of aromatic amines is 1. The highest BCUT2D eigenvalue weighted by molar-refractivity contribution is 5.95. The van der Waals surface area contributed by atoms with Gasteiger partial charge in [0.25, 0.3) is 5.91 Å². The maximum Gasteiger partial charge on any atom is 0.252 e. The second kappa shape index (κ2) is 7.97. The zero-order chi connectivity index (χ0) is 18.5. The summed E-state index contributed by atoms with van der Waals surface area (Å²) in [7, 11) is 0. The van der Waals surface area contributed by atoms with Crippen LogP contribution in [0.15, 0.2) is 48.5 Å². The number of hydrogen-bond donors (Lipinski definition) is 3.